The van der Waals surface area contributed by atoms with Crippen LogP contribution in [0.5, 0.6) is 5.75 Å². The summed E-state index contributed by atoms with van der Waals surface area (Å²) in [5.41, 5.74) is 15.5. The molecular weight excluding hydrogens is 524 g/mol. The second-order valence-corrected chi connectivity index (χ2v) is 14.0. The Morgan fingerprint density at radius 3 is 1.42 bits per heavy atom. The fraction of sp³-hybridized carbons (Fsp3) is 0.300. The van der Waals surface area contributed by atoms with Gasteiger partial charge in [0.1, 0.15) is 5.75 Å². The topological polar surface area (TPSA) is 46.0 Å². The highest BCUT2D eigenvalue weighted by Crippen LogP contribution is 2.43. The summed E-state index contributed by atoms with van der Waals surface area (Å²) in [6.45, 7) is 21.8. The van der Waals surface area contributed by atoms with Gasteiger partial charge in [0.2, 0.25) is 0 Å². The van der Waals surface area contributed by atoms with Crippen molar-refractivity contribution in [1.29, 1.82) is 0 Å². The standard InChI is InChI=1S/C40H44N2O/c1-24-19-32(26(3)17-30(24)28-14-15-37(42-23-28)36-13-11-12-16-41-36)33-20-25(2)31(18-27(33)4)29-21-34(39(5,6)7)38(43)35(22-29)40(8,9)10/h11-23,43H,1-10H3. The molecule has 0 fully saturated rings. The minimum absolute atomic E-state index is 0.173. The van der Waals surface area contributed by atoms with Crippen LogP contribution in [-0.4, -0.2) is 15.1 Å². The first kappa shape index (κ1) is 30.2. The van der Waals surface area contributed by atoms with E-state index in [1.54, 1.807) is 6.20 Å². The lowest BCUT2D eigenvalue weighted by molar-refractivity contribution is 0.423. The molecule has 0 aliphatic carbocycles. The maximum absolute atomic E-state index is 11.3. The van der Waals surface area contributed by atoms with Gasteiger partial charge >= 0.3 is 0 Å². The molecule has 3 heteroatoms. The van der Waals surface area contributed by atoms with E-state index < -0.39 is 0 Å². The van der Waals surface area contributed by atoms with Gasteiger partial charge in [0.15, 0.2) is 0 Å². The van der Waals surface area contributed by atoms with Gasteiger partial charge in [-0.3, -0.25) is 9.97 Å². The molecule has 1 N–H and O–H groups in total. The van der Waals surface area contributed by atoms with Crippen LogP contribution in [0.3, 0.4) is 0 Å². The molecule has 43 heavy (non-hydrogen) atoms. The molecule has 0 saturated carbocycles. The SMILES string of the molecule is Cc1cc(-c2cc(C)c(-c3cc(C(C)(C)C)c(O)c(C(C)(C)C)c3)cc2C)c(C)cc1-c1ccc(-c2ccccn2)nc1. The molecular formula is C40H44N2O. The maximum Gasteiger partial charge on any atom is 0.123 e. The minimum atomic E-state index is -0.173. The average molecular weight is 569 g/mol. The van der Waals surface area contributed by atoms with Gasteiger partial charge in [-0.15, -0.1) is 0 Å². The summed E-state index contributed by atoms with van der Waals surface area (Å²) in [7, 11) is 0. The van der Waals surface area contributed by atoms with Crippen molar-refractivity contribution in [1.82, 2.24) is 9.97 Å². The third kappa shape index (κ3) is 5.99. The fourth-order valence-corrected chi connectivity index (χ4v) is 5.99. The Labute approximate surface area is 257 Å². The number of aryl methyl sites for hydroxylation is 4. The van der Waals surface area contributed by atoms with E-state index in [1.165, 1.54) is 44.5 Å². The van der Waals surface area contributed by atoms with Crippen LogP contribution in [0.4, 0.5) is 0 Å². The molecule has 0 bridgehead atoms. The summed E-state index contributed by atoms with van der Waals surface area (Å²) in [6.07, 6.45) is 3.75. The van der Waals surface area contributed by atoms with Gasteiger partial charge < -0.3 is 5.11 Å². The van der Waals surface area contributed by atoms with Crippen molar-refractivity contribution in [3.63, 3.8) is 0 Å². The molecule has 0 atom stereocenters. The molecule has 0 saturated heterocycles. The zero-order chi connectivity index (χ0) is 31.3. The molecule has 0 amide bonds. The van der Waals surface area contributed by atoms with Crippen molar-refractivity contribution in [3.8, 4) is 50.5 Å². The van der Waals surface area contributed by atoms with Crippen LogP contribution in [0.15, 0.2) is 79.1 Å². The summed E-state index contributed by atoms with van der Waals surface area (Å²) >= 11 is 0. The number of nitrogens with zero attached hydrogens (tertiary/aromatic N) is 2. The van der Waals surface area contributed by atoms with Crippen molar-refractivity contribution in [2.45, 2.75) is 80.1 Å². The first-order valence-corrected chi connectivity index (χ1v) is 15.1. The molecule has 3 nitrogen and oxygen atoms in total. The van der Waals surface area contributed by atoms with Crippen molar-refractivity contribution in [3.05, 3.63) is 113 Å². The second-order valence-electron chi connectivity index (χ2n) is 14.0. The lowest BCUT2D eigenvalue weighted by Gasteiger charge is -2.28. The smallest absolute Gasteiger partial charge is 0.123 e. The Morgan fingerprint density at radius 1 is 0.512 bits per heavy atom. The Balaban J connectivity index is 1.55. The van der Waals surface area contributed by atoms with E-state index in [0.717, 1.165) is 33.6 Å². The first-order valence-electron chi connectivity index (χ1n) is 15.1. The summed E-state index contributed by atoms with van der Waals surface area (Å²) < 4.78 is 0. The normalized spacial score (nSPS) is 12.0. The highest BCUT2D eigenvalue weighted by atomic mass is 16.3. The van der Waals surface area contributed by atoms with Crippen LogP contribution >= 0.6 is 0 Å². The molecule has 220 valence electrons. The van der Waals surface area contributed by atoms with E-state index in [9.17, 15) is 5.11 Å². The zero-order valence-corrected chi connectivity index (χ0v) is 27.3. The van der Waals surface area contributed by atoms with E-state index in [2.05, 4.69) is 117 Å². The van der Waals surface area contributed by atoms with E-state index in [0.29, 0.717) is 5.75 Å². The summed E-state index contributed by atoms with van der Waals surface area (Å²) in [5, 5.41) is 11.3. The number of hydrogen-bond donors (Lipinski definition) is 1. The molecule has 2 aromatic heterocycles. The highest BCUT2D eigenvalue weighted by molar-refractivity contribution is 5.82. The number of benzene rings is 3. The van der Waals surface area contributed by atoms with Crippen molar-refractivity contribution >= 4 is 0 Å². The van der Waals surface area contributed by atoms with E-state index >= 15 is 0 Å². The number of pyridine rings is 2. The molecule has 5 rings (SSSR count). The summed E-state index contributed by atoms with van der Waals surface area (Å²) in [6, 6.07) is 23.7. The van der Waals surface area contributed by atoms with Crippen LogP contribution in [0, 0.1) is 27.7 Å². The highest BCUT2D eigenvalue weighted by Gasteiger charge is 2.27. The Bertz CT molecular complexity index is 1770. The summed E-state index contributed by atoms with van der Waals surface area (Å²) in [4.78, 5) is 9.14. The largest absolute Gasteiger partial charge is 0.507 e. The summed E-state index contributed by atoms with van der Waals surface area (Å²) in [5.74, 6) is 0.419. The average Bonchev–Trinajstić information content (AvgIpc) is 2.95. The molecule has 0 aliphatic rings. The Hall–Kier alpha value is -4.24. The van der Waals surface area contributed by atoms with Gasteiger partial charge in [-0.2, -0.15) is 0 Å². The fourth-order valence-electron chi connectivity index (χ4n) is 5.99. The zero-order valence-electron chi connectivity index (χ0n) is 27.3. The predicted molar refractivity (Wildman–Crippen MR) is 182 cm³/mol. The second kappa shape index (κ2) is 11.1. The minimum Gasteiger partial charge on any atom is -0.507 e. The first-order chi connectivity index (χ1) is 20.1. The van der Waals surface area contributed by atoms with E-state index in [-0.39, 0.29) is 10.8 Å². The third-order valence-corrected chi connectivity index (χ3v) is 8.47. The third-order valence-electron chi connectivity index (χ3n) is 8.47. The maximum atomic E-state index is 11.3. The van der Waals surface area contributed by atoms with E-state index in [4.69, 9.17) is 4.98 Å². The Kier molecular flexibility index (Phi) is 7.81. The van der Waals surface area contributed by atoms with Gasteiger partial charge in [0.25, 0.3) is 0 Å². The van der Waals surface area contributed by atoms with Crippen molar-refractivity contribution < 1.29 is 5.11 Å². The monoisotopic (exact) mass is 568 g/mol. The van der Waals surface area contributed by atoms with Crippen LogP contribution in [0.1, 0.15) is 74.9 Å². The molecule has 0 radical (unpaired) electrons. The molecule has 0 aliphatic heterocycles. The Morgan fingerprint density at radius 2 is 0.977 bits per heavy atom. The molecule has 3 aromatic carbocycles. The molecule has 2 heterocycles. The number of aromatic hydroxyl groups is 1. The van der Waals surface area contributed by atoms with Gasteiger partial charge in [-0.25, -0.2) is 0 Å². The number of rotatable bonds is 4. The van der Waals surface area contributed by atoms with Crippen molar-refractivity contribution in [2.24, 2.45) is 0 Å². The number of aromatic nitrogens is 2. The number of hydrogen-bond acceptors (Lipinski definition) is 3. The lowest BCUT2D eigenvalue weighted by atomic mass is 9.77. The van der Waals surface area contributed by atoms with Gasteiger partial charge in [0, 0.05) is 29.1 Å². The van der Waals surface area contributed by atoms with Crippen LogP contribution in [-0.2, 0) is 10.8 Å². The van der Waals surface area contributed by atoms with Gasteiger partial charge in [0.05, 0.1) is 11.4 Å². The van der Waals surface area contributed by atoms with E-state index in [1.807, 2.05) is 30.5 Å². The van der Waals surface area contributed by atoms with Gasteiger partial charge in [-0.1, -0.05) is 77.9 Å². The molecule has 5 aromatic rings. The molecule has 0 unspecified atom stereocenters. The number of phenolic OH excluding ortho intramolecular Hbond substituents is 1. The number of phenols is 1. The quantitative estimate of drug-likeness (QED) is 0.234. The lowest BCUT2D eigenvalue weighted by Crippen LogP contribution is -2.17. The van der Waals surface area contributed by atoms with Crippen LogP contribution in [0.25, 0.3) is 44.8 Å². The van der Waals surface area contributed by atoms with Crippen LogP contribution < -0.4 is 0 Å². The van der Waals surface area contributed by atoms with Crippen LogP contribution in [0.2, 0.25) is 0 Å². The molecule has 0 spiro atoms. The van der Waals surface area contributed by atoms with Crippen molar-refractivity contribution in [2.75, 3.05) is 0 Å². The van der Waals surface area contributed by atoms with Gasteiger partial charge in [-0.05, 0) is 119 Å². The predicted octanol–water partition coefficient (Wildman–Crippen LogP) is 10.7.